The fraction of sp³-hybridized carbons (Fsp3) is 0.212. The molecule has 0 bridgehead atoms. The summed E-state index contributed by atoms with van der Waals surface area (Å²) >= 11 is 5.73. The zero-order valence-corrected chi connectivity index (χ0v) is 24.1. The van der Waals surface area contributed by atoms with E-state index in [0.717, 1.165) is 5.56 Å². The van der Waals surface area contributed by atoms with Crippen LogP contribution in [0.5, 0.6) is 11.5 Å². The number of carboxylic acid groups (broad SMARTS) is 2. The topological polar surface area (TPSA) is 98.0 Å². The molecule has 0 atom stereocenters. The minimum atomic E-state index is -1.07. The van der Waals surface area contributed by atoms with E-state index < -0.39 is 23.6 Å². The Hall–Kier alpha value is -4.63. The van der Waals surface area contributed by atoms with Crippen molar-refractivity contribution in [3.05, 3.63) is 106 Å². The zero-order valence-electron chi connectivity index (χ0n) is 23.4. The van der Waals surface area contributed by atoms with E-state index in [1.54, 1.807) is 54.0 Å². The fourth-order valence-corrected chi connectivity index (χ4v) is 4.89. The number of halogens is 3. The number of benzene rings is 3. The van der Waals surface area contributed by atoms with Crippen LogP contribution in [0.4, 0.5) is 8.78 Å². The van der Waals surface area contributed by atoms with Crippen molar-refractivity contribution in [1.82, 2.24) is 4.57 Å². The molecule has 0 unspecified atom stereocenters. The summed E-state index contributed by atoms with van der Waals surface area (Å²) in [4.78, 5) is 22.7. The van der Waals surface area contributed by atoms with Gasteiger partial charge < -0.3 is 24.3 Å². The molecule has 1 aromatic heterocycles. The average Bonchev–Trinajstić information content (AvgIpc) is 3.23. The number of hydrogen-bond donors (Lipinski definition) is 2. The zero-order chi connectivity index (χ0) is 30.9. The Kier molecular flexibility index (Phi) is 10.6. The molecule has 0 amide bonds. The summed E-state index contributed by atoms with van der Waals surface area (Å²) in [5.41, 5.74) is 3.15. The van der Waals surface area contributed by atoms with Crippen LogP contribution in [0.15, 0.2) is 66.7 Å². The second kappa shape index (κ2) is 14.5. The number of hydrogen-bond acceptors (Lipinski definition) is 4. The lowest BCUT2D eigenvalue weighted by molar-refractivity contribution is -0.138. The molecule has 0 fully saturated rings. The Morgan fingerprint density at radius 1 is 0.907 bits per heavy atom. The van der Waals surface area contributed by atoms with Crippen molar-refractivity contribution in [2.24, 2.45) is 0 Å². The normalized spacial score (nSPS) is 11.5. The number of nitrogens with zero attached hydrogens (tertiary/aromatic N) is 1. The quantitative estimate of drug-likeness (QED) is 0.113. The second-order valence-corrected chi connectivity index (χ2v) is 10.2. The first-order valence-electron chi connectivity index (χ1n) is 13.5. The van der Waals surface area contributed by atoms with E-state index in [1.165, 1.54) is 18.2 Å². The molecular formula is C33H30ClF2NO6. The highest BCUT2D eigenvalue weighted by molar-refractivity contribution is 6.30. The molecule has 4 rings (SSSR count). The van der Waals surface area contributed by atoms with Gasteiger partial charge in [0.1, 0.15) is 31.3 Å². The van der Waals surface area contributed by atoms with Gasteiger partial charge in [0.15, 0.2) is 11.6 Å². The van der Waals surface area contributed by atoms with E-state index in [2.05, 4.69) is 0 Å². The van der Waals surface area contributed by atoms with Gasteiger partial charge in [0.2, 0.25) is 0 Å². The lowest BCUT2D eigenvalue weighted by Crippen LogP contribution is -2.10. The summed E-state index contributed by atoms with van der Waals surface area (Å²) in [6, 6.07) is 14.4. The van der Waals surface area contributed by atoms with E-state index in [4.69, 9.17) is 26.2 Å². The van der Waals surface area contributed by atoms with E-state index in [-0.39, 0.29) is 31.9 Å². The lowest BCUT2D eigenvalue weighted by Gasteiger charge is -2.08. The van der Waals surface area contributed by atoms with E-state index >= 15 is 4.39 Å². The first-order chi connectivity index (χ1) is 20.6. The first kappa shape index (κ1) is 31.3. The third-order valence-electron chi connectivity index (χ3n) is 6.76. The summed E-state index contributed by atoms with van der Waals surface area (Å²) in [7, 11) is 0. The lowest BCUT2D eigenvalue weighted by atomic mass is 10.0. The highest BCUT2D eigenvalue weighted by atomic mass is 35.5. The molecule has 0 saturated carbocycles. The van der Waals surface area contributed by atoms with Crippen molar-refractivity contribution >= 4 is 46.6 Å². The Balaban J connectivity index is 1.43. The van der Waals surface area contributed by atoms with Crippen LogP contribution in [0.25, 0.3) is 23.1 Å². The molecule has 0 aliphatic rings. The van der Waals surface area contributed by atoms with Crippen molar-refractivity contribution in [3.8, 4) is 11.5 Å². The van der Waals surface area contributed by atoms with Gasteiger partial charge in [-0.3, -0.25) is 9.59 Å². The third-order valence-corrected chi connectivity index (χ3v) is 6.99. The molecular weight excluding hydrogens is 580 g/mol. The number of aromatic nitrogens is 1. The molecule has 0 aliphatic heterocycles. The van der Waals surface area contributed by atoms with E-state index in [1.807, 2.05) is 18.2 Å². The van der Waals surface area contributed by atoms with Crippen molar-refractivity contribution in [2.75, 3.05) is 13.2 Å². The summed E-state index contributed by atoms with van der Waals surface area (Å²) in [5.74, 6) is -2.28. The highest BCUT2D eigenvalue weighted by Gasteiger charge is 2.21. The van der Waals surface area contributed by atoms with Crippen molar-refractivity contribution < 1.29 is 38.1 Å². The van der Waals surface area contributed by atoms with Gasteiger partial charge in [0, 0.05) is 22.5 Å². The van der Waals surface area contributed by atoms with Crippen LogP contribution in [0.3, 0.4) is 0 Å². The first-order valence-corrected chi connectivity index (χ1v) is 13.9. The maximum absolute atomic E-state index is 15.1. The van der Waals surface area contributed by atoms with E-state index in [9.17, 15) is 19.1 Å². The van der Waals surface area contributed by atoms with Crippen LogP contribution < -0.4 is 9.47 Å². The maximum Gasteiger partial charge on any atom is 0.323 e. The van der Waals surface area contributed by atoms with Crippen LogP contribution >= 0.6 is 11.6 Å². The molecule has 2 N–H and O–H groups in total. The van der Waals surface area contributed by atoms with Crippen LogP contribution in [0, 0.1) is 18.6 Å². The maximum atomic E-state index is 15.1. The predicted octanol–water partition coefficient (Wildman–Crippen LogP) is 7.56. The number of ether oxygens (including phenoxy) is 2. The molecule has 7 nitrogen and oxygen atoms in total. The number of rotatable bonds is 14. The predicted molar refractivity (Wildman–Crippen MR) is 162 cm³/mol. The van der Waals surface area contributed by atoms with Crippen molar-refractivity contribution in [2.45, 2.75) is 32.7 Å². The van der Waals surface area contributed by atoms with E-state index in [0.29, 0.717) is 51.3 Å². The van der Waals surface area contributed by atoms with Gasteiger partial charge >= 0.3 is 11.9 Å². The minimum absolute atomic E-state index is 0.0672. The van der Waals surface area contributed by atoms with Gasteiger partial charge in [-0.25, -0.2) is 8.78 Å². The van der Waals surface area contributed by atoms with Gasteiger partial charge in [0.05, 0.1) is 5.52 Å². The molecule has 4 aromatic rings. The van der Waals surface area contributed by atoms with Gasteiger partial charge in [-0.1, -0.05) is 35.9 Å². The smallest absolute Gasteiger partial charge is 0.323 e. The number of carbonyl (C=O) groups is 2. The molecule has 0 radical (unpaired) electrons. The Morgan fingerprint density at radius 2 is 1.63 bits per heavy atom. The molecule has 224 valence electrons. The van der Waals surface area contributed by atoms with Gasteiger partial charge in [-0.05, 0) is 91.1 Å². The SMILES string of the molecule is Cc1c(CCCC(=O)O)c2c(F)ccc(/C=C/c3ccc(OC/C=C/COc4ccc(Cl)cc4F)cc3)c2n1CC(=O)O. The summed E-state index contributed by atoms with van der Waals surface area (Å²) in [6.07, 6.45) is 7.66. The van der Waals surface area contributed by atoms with Crippen LogP contribution in [0.1, 0.15) is 35.2 Å². The monoisotopic (exact) mass is 609 g/mol. The Bertz CT molecular complexity index is 1680. The molecule has 3 aromatic carbocycles. The number of aryl methyl sites for hydroxylation is 1. The Labute approximate surface area is 252 Å². The standard InChI is InChI=1S/C33H30ClF2NO6/c1-21-26(5-4-6-30(38)39)32-27(35)15-11-23(33(32)37(21)20-31(40)41)10-7-22-8-13-25(14-9-22)42-17-2-3-18-43-29-16-12-24(34)19-28(29)36/h2-3,7-16,19H,4-6,17-18,20H2,1H3,(H,38,39)(H,40,41)/b3-2+,10-7+. The van der Waals surface area contributed by atoms with Gasteiger partial charge in [-0.2, -0.15) is 0 Å². The molecule has 10 heteroatoms. The summed E-state index contributed by atoms with van der Waals surface area (Å²) in [5, 5.41) is 19.2. The number of fused-ring (bicyclic) bond motifs is 1. The van der Waals surface area contributed by atoms with Crippen LogP contribution in [0.2, 0.25) is 5.02 Å². The van der Waals surface area contributed by atoms with Crippen molar-refractivity contribution in [3.63, 3.8) is 0 Å². The summed E-state index contributed by atoms with van der Waals surface area (Å²) < 4.78 is 41.5. The second-order valence-electron chi connectivity index (χ2n) is 9.72. The summed E-state index contributed by atoms with van der Waals surface area (Å²) in [6.45, 7) is 1.83. The highest BCUT2D eigenvalue weighted by Crippen LogP contribution is 2.33. The van der Waals surface area contributed by atoms with Gasteiger partial charge in [0.25, 0.3) is 0 Å². The molecule has 0 saturated heterocycles. The Morgan fingerprint density at radius 3 is 2.30 bits per heavy atom. The third kappa shape index (κ3) is 8.23. The molecule has 43 heavy (non-hydrogen) atoms. The van der Waals surface area contributed by atoms with Crippen LogP contribution in [-0.4, -0.2) is 39.9 Å². The molecule has 1 heterocycles. The number of carboxylic acids is 2. The minimum Gasteiger partial charge on any atom is -0.490 e. The largest absolute Gasteiger partial charge is 0.490 e. The van der Waals surface area contributed by atoms with Crippen molar-refractivity contribution in [1.29, 1.82) is 0 Å². The molecule has 0 spiro atoms. The fourth-order valence-electron chi connectivity index (χ4n) is 4.73. The van der Waals surface area contributed by atoms with Crippen LogP contribution in [-0.2, 0) is 22.6 Å². The number of aliphatic carboxylic acids is 2. The molecule has 0 aliphatic carbocycles. The average molecular weight is 610 g/mol. The van der Waals surface area contributed by atoms with Gasteiger partial charge in [-0.15, -0.1) is 0 Å².